The third-order valence-electron chi connectivity index (χ3n) is 2.98. The van der Waals surface area contributed by atoms with E-state index >= 15 is 0 Å². The van der Waals surface area contributed by atoms with E-state index in [2.05, 4.69) is 30.2 Å². The molecule has 1 aliphatic heterocycles. The van der Waals surface area contributed by atoms with Crippen LogP contribution in [0.5, 0.6) is 0 Å². The Kier molecular flexibility index (Phi) is 3.73. The minimum atomic E-state index is 0.565. The maximum Gasteiger partial charge on any atom is 0.241 e. The van der Waals surface area contributed by atoms with Crippen LogP contribution in [0.4, 0.5) is 11.9 Å². The van der Waals surface area contributed by atoms with Crippen LogP contribution in [0.1, 0.15) is 6.92 Å². The van der Waals surface area contributed by atoms with Crippen LogP contribution < -0.4 is 10.2 Å². The Labute approximate surface area is 116 Å². The lowest BCUT2D eigenvalue weighted by Crippen LogP contribution is -2.37. The van der Waals surface area contributed by atoms with Gasteiger partial charge in [0.2, 0.25) is 17.8 Å². The van der Waals surface area contributed by atoms with Crippen LogP contribution in [0, 0.1) is 0 Å². The molecule has 1 saturated heterocycles. The Bertz CT molecular complexity index is 551. The van der Waals surface area contributed by atoms with Crippen molar-refractivity contribution in [2.75, 3.05) is 43.1 Å². The van der Waals surface area contributed by atoms with E-state index in [1.54, 1.807) is 17.1 Å². The average Bonchev–Trinajstić information content (AvgIpc) is 3.02. The predicted molar refractivity (Wildman–Crippen MR) is 74.1 cm³/mol. The summed E-state index contributed by atoms with van der Waals surface area (Å²) in [6.07, 6.45) is 5.19. The van der Waals surface area contributed by atoms with Gasteiger partial charge in [0.1, 0.15) is 6.33 Å². The molecule has 0 aromatic carbocycles. The van der Waals surface area contributed by atoms with Crippen LogP contribution in [0.25, 0.3) is 5.95 Å². The van der Waals surface area contributed by atoms with E-state index in [1.165, 1.54) is 0 Å². The molecule has 0 amide bonds. The van der Waals surface area contributed by atoms with Crippen molar-refractivity contribution in [1.82, 2.24) is 24.5 Å². The molecule has 8 heteroatoms. The SMILES string of the molecule is CCNc1nc(N2CCOCC2)nc(-n2ccnc2)n1. The van der Waals surface area contributed by atoms with Gasteiger partial charge in [-0.15, -0.1) is 0 Å². The van der Waals surface area contributed by atoms with Gasteiger partial charge in [-0.05, 0) is 6.92 Å². The molecular formula is C12H17N7O. The standard InChI is InChI=1S/C12H17N7O/c1-2-14-10-15-11(18-5-7-20-8-6-18)17-12(16-10)19-4-3-13-9-19/h3-4,9H,2,5-8H2,1H3,(H,14,15,16,17). The van der Waals surface area contributed by atoms with Crippen molar-refractivity contribution in [2.24, 2.45) is 0 Å². The number of hydrogen-bond donors (Lipinski definition) is 1. The largest absolute Gasteiger partial charge is 0.378 e. The van der Waals surface area contributed by atoms with Crippen LogP contribution in [-0.2, 0) is 4.74 Å². The van der Waals surface area contributed by atoms with Gasteiger partial charge in [-0.3, -0.25) is 4.57 Å². The van der Waals surface area contributed by atoms with Crippen LogP contribution in [0.3, 0.4) is 0 Å². The second kappa shape index (κ2) is 5.83. The topological polar surface area (TPSA) is 81.0 Å². The highest BCUT2D eigenvalue weighted by Gasteiger charge is 2.16. The number of nitrogens with one attached hydrogen (secondary N) is 1. The Morgan fingerprint density at radius 2 is 2.00 bits per heavy atom. The second-order valence-corrected chi connectivity index (χ2v) is 4.36. The van der Waals surface area contributed by atoms with Crippen LogP contribution >= 0.6 is 0 Å². The van der Waals surface area contributed by atoms with Crippen molar-refractivity contribution in [3.63, 3.8) is 0 Å². The first-order valence-electron chi connectivity index (χ1n) is 6.68. The van der Waals surface area contributed by atoms with Crippen LogP contribution in [-0.4, -0.2) is 57.4 Å². The van der Waals surface area contributed by atoms with Gasteiger partial charge >= 0.3 is 0 Å². The zero-order valence-electron chi connectivity index (χ0n) is 11.4. The van der Waals surface area contributed by atoms with Crippen molar-refractivity contribution in [1.29, 1.82) is 0 Å². The molecule has 1 N–H and O–H groups in total. The zero-order valence-corrected chi connectivity index (χ0v) is 11.4. The normalized spacial score (nSPS) is 15.3. The number of morpholine rings is 1. The molecule has 0 unspecified atom stereocenters. The number of imidazole rings is 1. The summed E-state index contributed by atoms with van der Waals surface area (Å²) >= 11 is 0. The first kappa shape index (κ1) is 12.8. The fourth-order valence-corrected chi connectivity index (χ4v) is 1.99. The van der Waals surface area contributed by atoms with Crippen LogP contribution in [0.15, 0.2) is 18.7 Å². The van der Waals surface area contributed by atoms with Gasteiger partial charge in [0.25, 0.3) is 0 Å². The minimum absolute atomic E-state index is 0.565. The maximum atomic E-state index is 5.36. The Morgan fingerprint density at radius 3 is 2.70 bits per heavy atom. The van der Waals surface area contributed by atoms with E-state index in [4.69, 9.17) is 4.74 Å². The molecule has 106 valence electrons. The lowest BCUT2D eigenvalue weighted by molar-refractivity contribution is 0.122. The number of hydrogen-bond acceptors (Lipinski definition) is 7. The van der Waals surface area contributed by atoms with Gasteiger partial charge in [-0.25, -0.2) is 4.98 Å². The summed E-state index contributed by atoms with van der Waals surface area (Å²) in [7, 11) is 0. The Morgan fingerprint density at radius 1 is 1.20 bits per heavy atom. The summed E-state index contributed by atoms with van der Waals surface area (Å²) in [4.78, 5) is 19.5. The average molecular weight is 275 g/mol. The van der Waals surface area contributed by atoms with Crippen molar-refractivity contribution in [2.45, 2.75) is 6.92 Å². The van der Waals surface area contributed by atoms with Gasteiger partial charge in [0.05, 0.1) is 13.2 Å². The van der Waals surface area contributed by atoms with E-state index in [0.29, 0.717) is 31.1 Å². The molecule has 0 atom stereocenters. The highest BCUT2D eigenvalue weighted by molar-refractivity contribution is 5.40. The number of aromatic nitrogens is 5. The quantitative estimate of drug-likeness (QED) is 0.860. The summed E-state index contributed by atoms with van der Waals surface area (Å²) in [5, 5.41) is 3.14. The molecular weight excluding hydrogens is 258 g/mol. The third kappa shape index (κ3) is 2.69. The molecule has 1 aliphatic rings. The van der Waals surface area contributed by atoms with Gasteiger partial charge in [-0.1, -0.05) is 0 Å². The molecule has 20 heavy (non-hydrogen) atoms. The highest BCUT2D eigenvalue weighted by Crippen LogP contribution is 2.14. The van der Waals surface area contributed by atoms with Gasteiger partial charge in [0.15, 0.2) is 0 Å². The van der Waals surface area contributed by atoms with Crippen LogP contribution in [0.2, 0.25) is 0 Å². The number of anilines is 2. The van der Waals surface area contributed by atoms with E-state index in [0.717, 1.165) is 19.6 Å². The van der Waals surface area contributed by atoms with Gasteiger partial charge in [0, 0.05) is 32.0 Å². The molecule has 2 aromatic rings. The van der Waals surface area contributed by atoms with Crippen molar-refractivity contribution in [3.05, 3.63) is 18.7 Å². The Hall–Kier alpha value is -2.22. The lowest BCUT2D eigenvalue weighted by Gasteiger charge is -2.27. The molecule has 3 heterocycles. The molecule has 0 saturated carbocycles. The molecule has 1 fully saturated rings. The van der Waals surface area contributed by atoms with Gasteiger partial charge in [-0.2, -0.15) is 15.0 Å². The van der Waals surface area contributed by atoms with Crippen molar-refractivity contribution in [3.8, 4) is 5.95 Å². The van der Waals surface area contributed by atoms with Gasteiger partial charge < -0.3 is 15.0 Å². The highest BCUT2D eigenvalue weighted by atomic mass is 16.5. The molecule has 8 nitrogen and oxygen atoms in total. The lowest BCUT2D eigenvalue weighted by atomic mass is 10.4. The summed E-state index contributed by atoms with van der Waals surface area (Å²) in [5.74, 6) is 1.81. The van der Waals surface area contributed by atoms with E-state index in [1.807, 2.05) is 13.1 Å². The summed E-state index contributed by atoms with van der Waals surface area (Å²) in [6, 6.07) is 0. The van der Waals surface area contributed by atoms with E-state index in [-0.39, 0.29) is 0 Å². The van der Waals surface area contributed by atoms with E-state index in [9.17, 15) is 0 Å². The molecule has 0 aliphatic carbocycles. The first-order chi connectivity index (χ1) is 9.86. The fraction of sp³-hybridized carbons (Fsp3) is 0.500. The Balaban J connectivity index is 1.95. The molecule has 0 bridgehead atoms. The zero-order chi connectivity index (χ0) is 13.8. The second-order valence-electron chi connectivity index (χ2n) is 4.36. The number of ether oxygens (including phenoxy) is 1. The van der Waals surface area contributed by atoms with Crippen molar-refractivity contribution >= 4 is 11.9 Å². The number of rotatable bonds is 4. The summed E-state index contributed by atoms with van der Waals surface area (Å²) in [6.45, 7) is 5.74. The molecule has 3 rings (SSSR count). The monoisotopic (exact) mass is 275 g/mol. The maximum absolute atomic E-state index is 5.36. The first-order valence-corrected chi connectivity index (χ1v) is 6.68. The van der Waals surface area contributed by atoms with E-state index < -0.39 is 0 Å². The summed E-state index contributed by atoms with van der Waals surface area (Å²) in [5.41, 5.74) is 0. The molecule has 0 spiro atoms. The molecule has 2 aromatic heterocycles. The molecule has 0 radical (unpaired) electrons. The fourth-order valence-electron chi connectivity index (χ4n) is 1.99. The smallest absolute Gasteiger partial charge is 0.241 e. The van der Waals surface area contributed by atoms with Crippen molar-refractivity contribution < 1.29 is 4.74 Å². The minimum Gasteiger partial charge on any atom is -0.378 e. The predicted octanol–water partition coefficient (Wildman–Crippen LogP) is 0.326. The summed E-state index contributed by atoms with van der Waals surface area (Å²) < 4.78 is 7.13. The third-order valence-corrected chi connectivity index (χ3v) is 2.98. The number of nitrogens with zero attached hydrogens (tertiary/aromatic N) is 6.